The maximum atomic E-state index is 12.1. The molecule has 2 aromatic carbocycles. The van der Waals surface area contributed by atoms with Crippen molar-refractivity contribution in [2.45, 2.75) is 45.2 Å². The zero-order valence-corrected chi connectivity index (χ0v) is 18.5. The third kappa shape index (κ3) is 4.21. The highest BCUT2D eigenvalue weighted by Gasteiger charge is 2.31. The summed E-state index contributed by atoms with van der Waals surface area (Å²) < 4.78 is 24.1. The van der Waals surface area contributed by atoms with E-state index in [1.165, 1.54) is 21.7 Å². The van der Waals surface area contributed by atoms with E-state index in [1.807, 2.05) is 12.2 Å². The second-order valence-electron chi connectivity index (χ2n) is 7.62. The van der Waals surface area contributed by atoms with Crippen molar-refractivity contribution < 1.29 is 8.42 Å². The van der Waals surface area contributed by atoms with Crippen LogP contribution in [0.3, 0.4) is 0 Å². The molecule has 4 heteroatoms. The van der Waals surface area contributed by atoms with E-state index >= 15 is 0 Å². The lowest BCUT2D eigenvalue weighted by Crippen LogP contribution is -2.31. The molecule has 2 nitrogen and oxygen atoms in total. The van der Waals surface area contributed by atoms with E-state index in [1.54, 1.807) is 6.08 Å². The monoisotopic (exact) mass is 410 g/mol. The molecular formula is C24H27O2PS. The van der Waals surface area contributed by atoms with Crippen LogP contribution in [-0.2, 0) is 10.3 Å². The van der Waals surface area contributed by atoms with Crippen LogP contribution in [0, 0.1) is 0 Å². The first-order chi connectivity index (χ1) is 13.4. The lowest BCUT2D eigenvalue weighted by atomic mass is 10.0. The standard InChI is InChI=1S/C24H27O2PS/c1-17(2)19-11-5-7-13-21(19)27(22-14-8-6-12-20(22)18(3)4)23-15-9-10-16-24(23)28(25)26/h5-18,23H,1-4H3. The molecule has 0 radical (unpaired) electrons. The van der Waals surface area contributed by atoms with Gasteiger partial charge in [0, 0.05) is 5.66 Å². The fourth-order valence-corrected chi connectivity index (χ4v) is 7.93. The van der Waals surface area contributed by atoms with Crippen LogP contribution in [-0.4, -0.2) is 18.9 Å². The highest BCUT2D eigenvalue weighted by atomic mass is 32.2. The second kappa shape index (κ2) is 9.03. The average Bonchev–Trinajstić information content (AvgIpc) is 2.69. The fraction of sp³-hybridized carbons (Fsp3) is 0.292. The second-order valence-corrected chi connectivity index (χ2v) is 10.8. The molecule has 28 heavy (non-hydrogen) atoms. The van der Waals surface area contributed by atoms with Gasteiger partial charge in [-0.15, -0.1) is 0 Å². The first kappa shape index (κ1) is 20.8. The molecule has 0 aliphatic heterocycles. The SMILES string of the molecule is CC(C)c1ccccc1P(c1ccccc1C(C)C)C1C=CC=CC1=S(=O)=O. The molecule has 0 saturated carbocycles. The molecule has 1 unspecified atom stereocenters. The molecule has 0 fully saturated rings. The summed E-state index contributed by atoms with van der Waals surface area (Å²) in [7, 11) is -3.16. The Bertz CT molecular complexity index is 986. The van der Waals surface area contributed by atoms with E-state index in [2.05, 4.69) is 82.3 Å². The van der Waals surface area contributed by atoms with Gasteiger partial charge in [0.25, 0.3) is 0 Å². The van der Waals surface area contributed by atoms with Gasteiger partial charge in [-0.05, 0) is 47.6 Å². The molecule has 1 atom stereocenters. The Morgan fingerprint density at radius 2 is 1.29 bits per heavy atom. The molecule has 0 N–H and O–H groups in total. The highest BCUT2D eigenvalue weighted by Crippen LogP contribution is 2.45. The summed E-state index contributed by atoms with van der Waals surface area (Å²) in [5.74, 6) is 0.744. The topological polar surface area (TPSA) is 34.1 Å². The first-order valence-electron chi connectivity index (χ1n) is 9.70. The lowest BCUT2D eigenvalue weighted by Gasteiger charge is -2.31. The number of rotatable bonds is 5. The number of allylic oxidation sites excluding steroid dienone is 4. The summed E-state index contributed by atoms with van der Waals surface area (Å²) in [6, 6.07) is 17.1. The van der Waals surface area contributed by atoms with E-state index in [0.717, 1.165) is 0 Å². The van der Waals surface area contributed by atoms with E-state index in [9.17, 15) is 8.42 Å². The minimum absolute atomic E-state index is 0.155. The summed E-state index contributed by atoms with van der Waals surface area (Å²) in [6.45, 7) is 8.81. The predicted octanol–water partition coefficient (Wildman–Crippen LogP) is 4.91. The van der Waals surface area contributed by atoms with Crippen molar-refractivity contribution in [1.82, 2.24) is 0 Å². The molecule has 0 spiro atoms. The van der Waals surface area contributed by atoms with Gasteiger partial charge < -0.3 is 0 Å². The molecule has 0 amide bonds. The van der Waals surface area contributed by atoms with Crippen molar-refractivity contribution in [2.24, 2.45) is 0 Å². The summed E-state index contributed by atoms with van der Waals surface area (Å²) in [4.78, 5) is 0.478. The Balaban J connectivity index is 2.33. The maximum absolute atomic E-state index is 12.1. The van der Waals surface area contributed by atoms with Crippen molar-refractivity contribution in [1.29, 1.82) is 0 Å². The Morgan fingerprint density at radius 3 is 1.75 bits per heavy atom. The van der Waals surface area contributed by atoms with Crippen molar-refractivity contribution in [3.8, 4) is 0 Å². The normalized spacial score (nSPS) is 16.4. The molecule has 1 aliphatic carbocycles. The van der Waals surface area contributed by atoms with E-state index in [0.29, 0.717) is 16.7 Å². The zero-order valence-electron chi connectivity index (χ0n) is 16.8. The predicted molar refractivity (Wildman–Crippen MR) is 123 cm³/mol. The number of benzene rings is 2. The van der Waals surface area contributed by atoms with Crippen molar-refractivity contribution >= 4 is 33.7 Å². The van der Waals surface area contributed by atoms with E-state index < -0.39 is 18.2 Å². The van der Waals surface area contributed by atoms with E-state index in [4.69, 9.17) is 0 Å². The minimum Gasteiger partial charge on any atom is -0.184 e. The van der Waals surface area contributed by atoms with Crippen LogP contribution in [0.15, 0.2) is 72.8 Å². The molecule has 3 rings (SSSR count). The van der Waals surface area contributed by atoms with Crippen molar-refractivity contribution in [3.05, 3.63) is 84.0 Å². The third-order valence-electron chi connectivity index (χ3n) is 5.06. The minimum atomic E-state index is -2.24. The largest absolute Gasteiger partial charge is 0.218 e. The smallest absolute Gasteiger partial charge is 0.184 e. The van der Waals surface area contributed by atoms with Crippen molar-refractivity contribution in [3.63, 3.8) is 0 Å². The molecule has 0 saturated heterocycles. The number of hydrogen-bond donors (Lipinski definition) is 0. The Hall–Kier alpha value is -1.96. The molecule has 0 aromatic heterocycles. The summed E-state index contributed by atoms with van der Waals surface area (Å²) in [6.07, 6.45) is 7.61. The molecular weight excluding hydrogens is 383 g/mol. The molecule has 1 aliphatic rings. The lowest BCUT2D eigenvalue weighted by molar-refractivity contribution is 0.627. The van der Waals surface area contributed by atoms with Crippen LogP contribution in [0.25, 0.3) is 0 Å². The third-order valence-corrected chi connectivity index (χ3v) is 8.87. The molecule has 2 aromatic rings. The van der Waals surface area contributed by atoms with Crippen molar-refractivity contribution in [2.75, 3.05) is 0 Å². The van der Waals surface area contributed by atoms with Gasteiger partial charge in [0.15, 0.2) is 0 Å². The van der Waals surface area contributed by atoms with Crippen LogP contribution in [0.2, 0.25) is 0 Å². The van der Waals surface area contributed by atoms with Gasteiger partial charge >= 0.3 is 0 Å². The summed E-state index contributed by atoms with van der Waals surface area (Å²) >= 11 is 0. The quantitative estimate of drug-likeness (QED) is 0.518. The van der Waals surface area contributed by atoms with Crippen LogP contribution >= 0.6 is 7.92 Å². The van der Waals surface area contributed by atoms with Gasteiger partial charge in [-0.25, -0.2) is 0 Å². The molecule has 0 bridgehead atoms. The van der Waals surface area contributed by atoms with Crippen LogP contribution in [0.1, 0.15) is 50.7 Å². The highest BCUT2D eigenvalue weighted by molar-refractivity contribution is 7.79. The summed E-state index contributed by atoms with van der Waals surface area (Å²) in [5.41, 5.74) is 2.44. The Morgan fingerprint density at radius 1 is 0.786 bits per heavy atom. The van der Waals surface area contributed by atoms with Gasteiger partial charge in [0.05, 0.1) is 4.86 Å². The van der Waals surface area contributed by atoms with Gasteiger partial charge in [-0.1, -0.05) is 94.5 Å². The number of hydrogen-bond acceptors (Lipinski definition) is 2. The van der Waals surface area contributed by atoms with Crippen LogP contribution in [0.4, 0.5) is 0 Å². The average molecular weight is 411 g/mol. The van der Waals surface area contributed by atoms with E-state index in [-0.39, 0.29) is 5.66 Å². The first-order valence-corrected chi connectivity index (χ1v) is 12.2. The molecule has 0 heterocycles. The van der Waals surface area contributed by atoms with Crippen LogP contribution < -0.4 is 10.6 Å². The van der Waals surface area contributed by atoms with Gasteiger partial charge in [0.2, 0.25) is 10.3 Å². The fourth-order valence-electron chi connectivity index (χ4n) is 3.70. The summed E-state index contributed by atoms with van der Waals surface area (Å²) in [5, 5.41) is 2.54. The van der Waals surface area contributed by atoms with Crippen LogP contribution in [0.5, 0.6) is 0 Å². The Kier molecular flexibility index (Phi) is 6.69. The zero-order chi connectivity index (χ0) is 20.3. The van der Waals surface area contributed by atoms with Gasteiger partial charge in [0.1, 0.15) is 0 Å². The van der Waals surface area contributed by atoms with Gasteiger partial charge in [-0.2, -0.15) is 8.42 Å². The Labute approximate surface area is 171 Å². The molecule has 146 valence electrons. The maximum Gasteiger partial charge on any atom is 0.218 e. The van der Waals surface area contributed by atoms with Gasteiger partial charge in [-0.3, -0.25) is 0 Å².